The fourth-order valence-corrected chi connectivity index (χ4v) is 2.50. The van der Waals surface area contributed by atoms with Crippen molar-refractivity contribution in [3.8, 4) is 11.5 Å². The summed E-state index contributed by atoms with van der Waals surface area (Å²) < 4.78 is 10.9. The molecular weight excluding hydrogens is 240 g/mol. The van der Waals surface area contributed by atoms with Crippen LogP contribution in [0.15, 0.2) is 18.2 Å². The summed E-state index contributed by atoms with van der Waals surface area (Å²) in [4.78, 5) is 2.47. The molecule has 19 heavy (non-hydrogen) atoms. The van der Waals surface area contributed by atoms with E-state index < -0.39 is 0 Å². The third-order valence-corrected chi connectivity index (χ3v) is 3.39. The van der Waals surface area contributed by atoms with Crippen LogP contribution in [0.5, 0.6) is 11.5 Å². The minimum absolute atomic E-state index is 0.568. The molecule has 1 atom stereocenters. The molecule has 1 aromatic rings. The smallest absolute Gasteiger partial charge is 0.161 e. The summed E-state index contributed by atoms with van der Waals surface area (Å²) in [5, 5.41) is 3.46. The van der Waals surface area contributed by atoms with Crippen molar-refractivity contribution in [2.75, 3.05) is 33.4 Å². The van der Waals surface area contributed by atoms with Gasteiger partial charge in [-0.2, -0.15) is 0 Å². The normalized spacial score (nSPS) is 20.3. The van der Waals surface area contributed by atoms with Crippen LogP contribution >= 0.6 is 0 Å². The molecule has 2 rings (SSSR count). The van der Waals surface area contributed by atoms with Crippen LogP contribution in [0.4, 0.5) is 0 Å². The first-order valence-corrected chi connectivity index (χ1v) is 6.98. The quantitative estimate of drug-likeness (QED) is 0.880. The van der Waals surface area contributed by atoms with Crippen molar-refractivity contribution < 1.29 is 9.47 Å². The Morgan fingerprint density at radius 2 is 2.21 bits per heavy atom. The van der Waals surface area contributed by atoms with Gasteiger partial charge in [0, 0.05) is 32.2 Å². The Labute approximate surface area is 115 Å². The van der Waals surface area contributed by atoms with Crippen molar-refractivity contribution >= 4 is 0 Å². The zero-order valence-electron chi connectivity index (χ0n) is 12.1. The Bertz CT molecular complexity index is 409. The summed E-state index contributed by atoms with van der Waals surface area (Å²) in [7, 11) is 1.68. The summed E-state index contributed by atoms with van der Waals surface area (Å²) in [6.07, 6.45) is 0. The maximum absolute atomic E-state index is 5.62. The van der Waals surface area contributed by atoms with Gasteiger partial charge in [-0.15, -0.1) is 0 Å². The molecule has 1 saturated heterocycles. The number of methoxy groups -OCH3 is 1. The highest BCUT2D eigenvalue weighted by molar-refractivity contribution is 5.42. The third kappa shape index (κ3) is 3.85. The Kier molecular flexibility index (Phi) is 5.05. The molecule has 0 aliphatic carbocycles. The van der Waals surface area contributed by atoms with Gasteiger partial charge in [-0.25, -0.2) is 0 Å². The van der Waals surface area contributed by atoms with Crippen LogP contribution in [0.3, 0.4) is 0 Å². The van der Waals surface area contributed by atoms with E-state index in [1.54, 1.807) is 7.11 Å². The van der Waals surface area contributed by atoms with E-state index in [0.29, 0.717) is 12.6 Å². The van der Waals surface area contributed by atoms with Gasteiger partial charge in [0.1, 0.15) is 0 Å². The number of nitrogens with zero attached hydrogens (tertiary/aromatic N) is 1. The van der Waals surface area contributed by atoms with Gasteiger partial charge in [0.15, 0.2) is 11.5 Å². The third-order valence-electron chi connectivity index (χ3n) is 3.39. The molecule has 1 fully saturated rings. The van der Waals surface area contributed by atoms with Crippen molar-refractivity contribution in [3.63, 3.8) is 0 Å². The second-order valence-electron chi connectivity index (χ2n) is 5.01. The van der Waals surface area contributed by atoms with E-state index in [1.165, 1.54) is 5.56 Å². The Morgan fingerprint density at radius 3 is 2.89 bits per heavy atom. The highest BCUT2D eigenvalue weighted by Crippen LogP contribution is 2.28. The molecule has 0 aromatic heterocycles. The van der Waals surface area contributed by atoms with E-state index in [9.17, 15) is 0 Å². The fraction of sp³-hybridized carbons (Fsp3) is 0.600. The van der Waals surface area contributed by atoms with E-state index in [-0.39, 0.29) is 0 Å². The zero-order chi connectivity index (χ0) is 13.7. The molecule has 0 amide bonds. The molecule has 1 aliphatic heterocycles. The van der Waals surface area contributed by atoms with Crippen LogP contribution in [0.2, 0.25) is 0 Å². The molecule has 0 saturated carbocycles. The number of hydrogen-bond acceptors (Lipinski definition) is 4. The molecule has 1 N–H and O–H groups in total. The van der Waals surface area contributed by atoms with Gasteiger partial charge in [-0.05, 0) is 31.5 Å². The number of nitrogens with one attached hydrogen (secondary N) is 1. The lowest BCUT2D eigenvalue weighted by Gasteiger charge is -2.31. The van der Waals surface area contributed by atoms with E-state index in [2.05, 4.69) is 29.3 Å². The lowest BCUT2D eigenvalue weighted by Crippen LogP contribution is -2.48. The molecule has 0 spiro atoms. The molecule has 0 unspecified atom stereocenters. The van der Waals surface area contributed by atoms with Gasteiger partial charge in [0.2, 0.25) is 0 Å². The molecular formula is C15H24N2O2. The van der Waals surface area contributed by atoms with Crippen LogP contribution < -0.4 is 14.8 Å². The van der Waals surface area contributed by atoms with Gasteiger partial charge in [0.05, 0.1) is 13.7 Å². The largest absolute Gasteiger partial charge is 0.493 e. The first-order valence-electron chi connectivity index (χ1n) is 6.98. The van der Waals surface area contributed by atoms with Gasteiger partial charge in [-0.1, -0.05) is 6.07 Å². The Balaban J connectivity index is 2.05. The van der Waals surface area contributed by atoms with Crippen LogP contribution in [0.25, 0.3) is 0 Å². The number of rotatable bonds is 5. The summed E-state index contributed by atoms with van der Waals surface area (Å²) >= 11 is 0. The van der Waals surface area contributed by atoms with Crippen molar-refractivity contribution in [1.82, 2.24) is 10.2 Å². The fourth-order valence-electron chi connectivity index (χ4n) is 2.50. The van der Waals surface area contributed by atoms with Gasteiger partial charge in [0.25, 0.3) is 0 Å². The average molecular weight is 264 g/mol. The van der Waals surface area contributed by atoms with Crippen molar-refractivity contribution in [3.05, 3.63) is 23.8 Å². The number of ether oxygens (including phenoxy) is 2. The Hall–Kier alpha value is -1.26. The summed E-state index contributed by atoms with van der Waals surface area (Å²) in [6.45, 7) is 9.10. The maximum atomic E-state index is 5.62. The monoisotopic (exact) mass is 264 g/mol. The molecule has 4 heteroatoms. The molecule has 0 bridgehead atoms. The van der Waals surface area contributed by atoms with Crippen LogP contribution in [-0.4, -0.2) is 44.3 Å². The predicted octanol–water partition coefficient (Wildman–Crippen LogP) is 1.89. The van der Waals surface area contributed by atoms with Crippen LogP contribution in [0, 0.1) is 0 Å². The number of piperazine rings is 1. The van der Waals surface area contributed by atoms with E-state index in [0.717, 1.165) is 37.7 Å². The minimum Gasteiger partial charge on any atom is -0.493 e. The molecule has 1 heterocycles. The van der Waals surface area contributed by atoms with Crippen molar-refractivity contribution in [1.29, 1.82) is 0 Å². The van der Waals surface area contributed by atoms with Crippen molar-refractivity contribution in [2.45, 2.75) is 26.4 Å². The highest BCUT2D eigenvalue weighted by atomic mass is 16.5. The predicted molar refractivity (Wildman–Crippen MR) is 76.9 cm³/mol. The number of hydrogen-bond donors (Lipinski definition) is 1. The molecule has 0 radical (unpaired) electrons. The van der Waals surface area contributed by atoms with E-state index in [1.807, 2.05) is 13.0 Å². The topological polar surface area (TPSA) is 33.7 Å². The average Bonchev–Trinajstić information content (AvgIpc) is 2.39. The van der Waals surface area contributed by atoms with Gasteiger partial charge >= 0.3 is 0 Å². The van der Waals surface area contributed by atoms with Crippen LogP contribution in [0.1, 0.15) is 19.4 Å². The number of benzene rings is 1. The minimum atomic E-state index is 0.568. The lowest BCUT2D eigenvalue weighted by molar-refractivity contribution is 0.199. The second-order valence-corrected chi connectivity index (χ2v) is 5.01. The van der Waals surface area contributed by atoms with Gasteiger partial charge < -0.3 is 14.8 Å². The van der Waals surface area contributed by atoms with E-state index >= 15 is 0 Å². The van der Waals surface area contributed by atoms with Crippen molar-refractivity contribution in [2.24, 2.45) is 0 Å². The van der Waals surface area contributed by atoms with E-state index in [4.69, 9.17) is 9.47 Å². The molecule has 106 valence electrons. The Morgan fingerprint density at radius 1 is 1.37 bits per heavy atom. The first kappa shape index (κ1) is 14.2. The molecule has 1 aliphatic rings. The zero-order valence-corrected chi connectivity index (χ0v) is 12.1. The SMILES string of the molecule is CCOc1cc(CN2CCN[C@H](C)C2)ccc1OC. The molecule has 1 aromatic carbocycles. The van der Waals surface area contributed by atoms with Crippen LogP contribution in [-0.2, 0) is 6.54 Å². The maximum Gasteiger partial charge on any atom is 0.161 e. The highest BCUT2D eigenvalue weighted by Gasteiger charge is 2.16. The standard InChI is InChI=1S/C15H24N2O2/c1-4-19-15-9-13(5-6-14(15)18-3)11-17-8-7-16-12(2)10-17/h5-6,9,12,16H,4,7-8,10-11H2,1-3H3/t12-/m1/s1. The summed E-state index contributed by atoms with van der Waals surface area (Å²) in [6, 6.07) is 6.77. The summed E-state index contributed by atoms with van der Waals surface area (Å²) in [5.74, 6) is 1.64. The first-order chi connectivity index (χ1) is 9.22. The summed E-state index contributed by atoms with van der Waals surface area (Å²) in [5.41, 5.74) is 1.28. The molecule has 4 nitrogen and oxygen atoms in total. The lowest BCUT2D eigenvalue weighted by atomic mass is 10.1. The van der Waals surface area contributed by atoms with Gasteiger partial charge in [-0.3, -0.25) is 4.90 Å². The second kappa shape index (κ2) is 6.78.